The van der Waals surface area contributed by atoms with Gasteiger partial charge in [-0.15, -0.1) is 0 Å². The standard InChI is InChI=1S/C11H24O2S.K.H2O/c1-5-8-14(9-6-2,10-7-3)13-11(4)12;;/h5-10H2,1-4H3;;1H2/q;+1;/p-1. The average Bonchev–Trinajstić information content (AvgIpc) is 2.03. The fraction of sp³-hybridized carbons (Fsp3) is 0.909. The van der Waals surface area contributed by atoms with Gasteiger partial charge in [-0.3, -0.25) is 4.79 Å². The number of hydrogen-bond acceptors (Lipinski definition) is 3. The third-order valence-corrected chi connectivity index (χ3v) is 6.07. The molecule has 0 atom stereocenters. The Labute approximate surface area is 144 Å². The maximum absolute atomic E-state index is 11.1. The molecule has 0 aliphatic heterocycles. The van der Waals surface area contributed by atoms with Gasteiger partial charge in [-0.2, -0.15) is 0 Å². The first-order valence-electron chi connectivity index (χ1n) is 5.56. The summed E-state index contributed by atoms with van der Waals surface area (Å²) in [7, 11) is -1.10. The largest absolute Gasteiger partial charge is 1.00 e. The third kappa shape index (κ3) is 9.45. The molecular weight excluding hydrogens is 251 g/mol. The van der Waals surface area contributed by atoms with Crippen LogP contribution in [0.5, 0.6) is 0 Å². The van der Waals surface area contributed by atoms with Crippen LogP contribution in [-0.4, -0.2) is 28.7 Å². The minimum absolute atomic E-state index is 0. The number of rotatable bonds is 7. The minimum Gasteiger partial charge on any atom is -0.870 e. The quantitative estimate of drug-likeness (QED) is 0.630. The predicted octanol–water partition coefficient (Wildman–Crippen LogP) is 0.326. The average molecular weight is 276 g/mol. The van der Waals surface area contributed by atoms with Crippen molar-refractivity contribution in [2.75, 3.05) is 17.3 Å². The van der Waals surface area contributed by atoms with E-state index in [4.69, 9.17) is 4.18 Å². The van der Waals surface area contributed by atoms with E-state index < -0.39 is 10.3 Å². The Kier molecular flexibility index (Phi) is 18.2. The van der Waals surface area contributed by atoms with Crippen LogP contribution in [-0.2, 0) is 8.98 Å². The summed E-state index contributed by atoms with van der Waals surface area (Å²) in [4.78, 5) is 11.1. The van der Waals surface area contributed by atoms with Crippen LogP contribution >= 0.6 is 10.3 Å². The van der Waals surface area contributed by atoms with Crippen molar-refractivity contribution in [2.24, 2.45) is 0 Å². The number of hydrogen-bond donors (Lipinski definition) is 0. The maximum Gasteiger partial charge on any atom is 1.00 e. The van der Waals surface area contributed by atoms with Gasteiger partial charge in [-0.05, 0) is 19.3 Å². The molecule has 16 heavy (non-hydrogen) atoms. The van der Waals surface area contributed by atoms with Crippen molar-refractivity contribution >= 4 is 16.3 Å². The smallest absolute Gasteiger partial charge is 0.870 e. The molecule has 0 aromatic heterocycles. The normalized spacial score (nSPS) is 11.0. The van der Waals surface area contributed by atoms with Crippen LogP contribution in [0.25, 0.3) is 0 Å². The SMILES string of the molecule is CCCS(CCC)(CCC)OC(C)=O.[K+].[OH-]. The molecule has 94 valence electrons. The molecule has 0 aliphatic carbocycles. The minimum atomic E-state index is -1.10. The first-order valence-corrected chi connectivity index (χ1v) is 7.63. The summed E-state index contributed by atoms with van der Waals surface area (Å²) < 4.78 is 5.60. The van der Waals surface area contributed by atoms with Gasteiger partial charge in [0.2, 0.25) is 0 Å². The molecule has 0 amide bonds. The molecule has 0 saturated carbocycles. The van der Waals surface area contributed by atoms with Crippen LogP contribution in [0.1, 0.15) is 47.0 Å². The van der Waals surface area contributed by atoms with Crippen LogP contribution in [0, 0.1) is 0 Å². The summed E-state index contributed by atoms with van der Waals surface area (Å²) in [6.07, 6.45) is 3.34. The third-order valence-electron chi connectivity index (χ3n) is 2.02. The molecule has 0 spiro atoms. The summed E-state index contributed by atoms with van der Waals surface area (Å²) in [5, 5.41) is 0. The van der Waals surface area contributed by atoms with Crippen LogP contribution in [0.3, 0.4) is 0 Å². The molecule has 0 aliphatic rings. The Hall–Kier alpha value is 1.42. The Bertz CT molecular complexity index is 160. The zero-order valence-electron chi connectivity index (χ0n) is 11.4. The second kappa shape index (κ2) is 12.9. The molecule has 0 fully saturated rings. The zero-order valence-corrected chi connectivity index (χ0v) is 15.4. The second-order valence-corrected chi connectivity index (χ2v) is 6.98. The van der Waals surface area contributed by atoms with Gasteiger partial charge in [0.25, 0.3) is 0 Å². The van der Waals surface area contributed by atoms with Crippen molar-refractivity contribution in [3.8, 4) is 0 Å². The Morgan fingerprint density at radius 3 is 1.50 bits per heavy atom. The molecular formula is C11H25KO3S. The molecule has 0 aromatic rings. The Balaban J connectivity index is -0.000000845. The van der Waals surface area contributed by atoms with E-state index >= 15 is 0 Å². The summed E-state index contributed by atoms with van der Waals surface area (Å²) in [5.74, 6) is 3.13. The van der Waals surface area contributed by atoms with E-state index in [-0.39, 0.29) is 62.8 Å². The van der Waals surface area contributed by atoms with Gasteiger partial charge in [0.05, 0.1) is 0 Å². The molecule has 0 bridgehead atoms. The summed E-state index contributed by atoms with van der Waals surface area (Å²) in [6, 6.07) is 0. The van der Waals surface area contributed by atoms with Crippen LogP contribution in [0.15, 0.2) is 0 Å². The van der Waals surface area contributed by atoms with Crippen molar-refractivity contribution in [1.29, 1.82) is 0 Å². The first kappa shape index (κ1) is 22.6. The molecule has 5 heteroatoms. The molecule has 0 radical (unpaired) electrons. The van der Waals surface area contributed by atoms with Crippen molar-refractivity contribution < 1.29 is 65.8 Å². The van der Waals surface area contributed by atoms with Crippen LogP contribution in [0.2, 0.25) is 0 Å². The molecule has 0 aromatic carbocycles. The Morgan fingerprint density at radius 2 is 1.31 bits per heavy atom. The fourth-order valence-electron chi connectivity index (χ4n) is 1.80. The molecule has 0 rings (SSSR count). The van der Waals surface area contributed by atoms with Gasteiger partial charge in [-0.1, -0.05) is 31.1 Å². The van der Waals surface area contributed by atoms with Crippen molar-refractivity contribution in [3.63, 3.8) is 0 Å². The van der Waals surface area contributed by atoms with E-state index in [2.05, 4.69) is 20.8 Å². The van der Waals surface area contributed by atoms with Crippen molar-refractivity contribution in [3.05, 3.63) is 0 Å². The van der Waals surface area contributed by atoms with Gasteiger partial charge in [0.15, 0.2) is 0 Å². The van der Waals surface area contributed by atoms with Crippen LogP contribution in [0.4, 0.5) is 0 Å². The molecule has 1 N–H and O–H groups in total. The van der Waals surface area contributed by atoms with E-state index in [1.807, 2.05) is 0 Å². The second-order valence-electron chi connectivity index (χ2n) is 3.65. The van der Waals surface area contributed by atoms with Gasteiger partial charge >= 0.3 is 57.4 Å². The van der Waals surface area contributed by atoms with Gasteiger partial charge < -0.3 is 9.66 Å². The topological polar surface area (TPSA) is 56.3 Å². The van der Waals surface area contributed by atoms with Crippen LogP contribution < -0.4 is 51.4 Å². The van der Waals surface area contributed by atoms with Gasteiger partial charge in [-0.25, -0.2) is 0 Å². The van der Waals surface area contributed by atoms with Crippen molar-refractivity contribution in [1.82, 2.24) is 0 Å². The van der Waals surface area contributed by atoms with Gasteiger partial charge in [0.1, 0.15) is 0 Å². The van der Waals surface area contributed by atoms with E-state index in [0.29, 0.717) is 0 Å². The van der Waals surface area contributed by atoms with E-state index in [0.717, 1.165) is 36.5 Å². The maximum atomic E-state index is 11.1. The van der Waals surface area contributed by atoms with E-state index in [1.165, 1.54) is 6.92 Å². The molecule has 3 nitrogen and oxygen atoms in total. The van der Waals surface area contributed by atoms with E-state index in [9.17, 15) is 4.79 Å². The number of carbonyl (C=O) groups excluding carboxylic acids is 1. The summed E-state index contributed by atoms with van der Waals surface area (Å²) in [5.41, 5.74) is 0. The zero-order chi connectivity index (χ0) is 11.0. The summed E-state index contributed by atoms with van der Waals surface area (Å²) >= 11 is 0. The Morgan fingerprint density at radius 1 is 1.00 bits per heavy atom. The predicted molar refractivity (Wildman–Crippen MR) is 66.8 cm³/mol. The first-order chi connectivity index (χ1) is 6.60. The monoisotopic (exact) mass is 276 g/mol. The summed E-state index contributed by atoms with van der Waals surface area (Å²) in [6.45, 7) is 8.02. The van der Waals surface area contributed by atoms with Crippen molar-refractivity contribution in [2.45, 2.75) is 47.0 Å². The van der Waals surface area contributed by atoms with E-state index in [1.54, 1.807) is 0 Å². The number of carbonyl (C=O) groups is 1. The fourth-order valence-corrected chi connectivity index (χ4v) is 5.39. The molecule has 0 saturated heterocycles. The molecule has 0 heterocycles. The molecule has 0 unspecified atom stereocenters. The van der Waals surface area contributed by atoms with Gasteiger partial charge in [0, 0.05) is 24.2 Å².